The van der Waals surface area contributed by atoms with E-state index in [1.165, 1.54) is 0 Å². The van der Waals surface area contributed by atoms with Crippen molar-refractivity contribution in [2.75, 3.05) is 0 Å². The van der Waals surface area contributed by atoms with Crippen molar-refractivity contribution in [3.63, 3.8) is 0 Å². The first-order valence-electron chi connectivity index (χ1n) is 14.4. The number of Topliss-reactive ketones (excluding diaryl/α,β-unsaturated/α-hetero) is 1. The zero-order chi connectivity index (χ0) is 26.1. The van der Waals surface area contributed by atoms with E-state index in [4.69, 9.17) is 23.7 Å². The standard InChI is InChI=1S/C29H40O8/c1-13(16-11-25(4)24(2,3)36-27(6,34-16)37-25)14-7-8-15-19-20-23(33-20)29(10-9-18(30)35-29)17-12-28(17,19)22(32)21(31)26(14,15)5/h13-17,19-20,22-23,32H,7-12H2,1-6H3. The first-order chi connectivity index (χ1) is 17.2. The van der Waals surface area contributed by atoms with Crippen LogP contribution >= 0.6 is 0 Å². The SMILES string of the molecule is CC(C1CC2(C)OC(C)(O1)OC2(C)C)C1CCC2C3C4OC4C4(CCC(=O)O4)C4CC34C(O)C(=O)C12C. The van der Waals surface area contributed by atoms with Gasteiger partial charge in [0.05, 0.1) is 17.8 Å². The molecular formula is C29H40O8. The fourth-order valence-corrected chi connectivity index (χ4v) is 10.9. The molecular weight excluding hydrogens is 476 g/mol. The topological polar surface area (TPSA) is 104 Å². The van der Waals surface area contributed by atoms with Gasteiger partial charge in [0.15, 0.2) is 5.78 Å². The minimum absolute atomic E-state index is 0.0202. The van der Waals surface area contributed by atoms with E-state index >= 15 is 0 Å². The summed E-state index contributed by atoms with van der Waals surface area (Å²) in [4.78, 5) is 26.4. The molecule has 8 nitrogen and oxygen atoms in total. The van der Waals surface area contributed by atoms with Crippen LogP contribution in [0.15, 0.2) is 0 Å². The Hall–Kier alpha value is -1.06. The summed E-state index contributed by atoms with van der Waals surface area (Å²) < 4.78 is 31.2. The molecule has 8 rings (SSSR count). The van der Waals surface area contributed by atoms with Crippen LogP contribution in [0.1, 0.15) is 80.1 Å². The summed E-state index contributed by atoms with van der Waals surface area (Å²) in [5, 5.41) is 11.8. The summed E-state index contributed by atoms with van der Waals surface area (Å²) in [6.45, 7) is 12.4. The zero-order valence-corrected chi connectivity index (χ0v) is 22.7. The van der Waals surface area contributed by atoms with Gasteiger partial charge >= 0.3 is 5.97 Å². The zero-order valence-electron chi connectivity index (χ0n) is 22.7. The molecule has 0 radical (unpaired) electrons. The number of esters is 1. The van der Waals surface area contributed by atoms with E-state index in [2.05, 4.69) is 34.6 Å². The fraction of sp³-hybridized carbons (Fsp3) is 0.931. The molecule has 4 saturated carbocycles. The Kier molecular flexibility index (Phi) is 4.15. The Balaban J connectivity index is 1.12. The second-order valence-electron chi connectivity index (χ2n) is 14.7. The number of hydrogen-bond acceptors (Lipinski definition) is 8. The lowest BCUT2D eigenvalue weighted by Gasteiger charge is -2.54. The molecule has 0 amide bonds. The van der Waals surface area contributed by atoms with Crippen molar-refractivity contribution in [3.8, 4) is 0 Å². The summed E-state index contributed by atoms with van der Waals surface area (Å²) in [6.07, 6.45) is 3.10. The van der Waals surface area contributed by atoms with Crippen LogP contribution < -0.4 is 0 Å². The van der Waals surface area contributed by atoms with Gasteiger partial charge in [-0.05, 0) is 57.8 Å². The Morgan fingerprint density at radius 1 is 1.03 bits per heavy atom. The molecule has 2 bridgehead atoms. The minimum atomic E-state index is -1.10. The van der Waals surface area contributed by atoms with Gasteiger partial charge in [-0.25, -0.2) is 0 Å². The number of epoxide rings is 1. The van der Waals surface area contributed by atoms with Crippen LogP contribution in [0, 0.1) is 40.4 Å². The Morgan fingerprint density at radius 3 is 2.46 bits per heavy atom. The van der Waals surface area contributed by atoms with Crippen LogP contribution in [-0.2, 0) is 33.3 Å². The van der Waals surface area contributed by atoms with E-state index in [1.807, 2.05) is 6.92 Å². The van der Waals surface area contributed by atoms with E-state index < -0.39 is 39.7 Å². The maximum Gasteiger partial charge on any atom is 0.306 e. The van der Waals surface area contributed by atoms with Gasteiger partial charge in [-0.3, -0.25) is 9.59 Å². The van der Waals surface area contributed by atoms with Crippen LogP contribution in [-0.4, -0.2) is 64.1 Å². The lowest BCUT2D eigenvalue weighted by molar-refractivity contribution is -0.385. The van der Waals surface area contributed by atoms with Crippen molar-refractivity contribution in [1.29, 1.82) is 0 Å². The van der Waals surface area contributed by atoms with Crippen LogP contribution in [0.25, 0.3) is 0 Å². The van der Waals surface area contributed by atoms with Crippen molar-refractivity contribution < 1.29 is 38.4 Å². The molecule has 14 unspecified atom stereocenters. The molecule has 8 heteroatoms. The fourth-order valence-electron chi connectivity index (χ4n) is 10.9. The lowest BCUT2D eigenvalue weighted by atomic mass is 9.49. The van der Waals surface area contributed by atoms with Crippen LogP contribution in [0.4, 0.5) is 0 Å². The summed E-state index contributed by atoms with van der Waals surface area (Å²) in [5.41, 5.74) is -2.75. The normalized spacial score (nSPS) is 62.9. The molecule has 37 heavy (non-hydrogen) atoms. The van der Waals surface area contributed by atoms with E-state index in [0.717, 1.165) is 19.3 Å². The van der Waals surface area contributed by atoms with Crippen molar-refractivity contribution in [2.45, 2.75) is 127 Å². The van der Waals surface area contributed by atoms with Crippen molar-refractivity contribution in [1.82, 2.24) is 0 Å². The van der Waals surface area contributed by atoms with Gasteiger partial charge in [-0.1, -0.05) is 13.8 Å². The van der Waals surface area contributed by atoms with E-state index in [1.54, 1.807) is 0 Å². The van der Waals surface area contributed by atoms with Gasteiger partial charge in [-0.15, -0.1) is 0 Å². The van der Waals surface area contributed by atoms with Crippen LogP contribution in [0.2, 0.25) is 0 Å². The lowest BCUT2D eigenvalue weighted by Crippen LogP contribution is -2.64. The summed E-state index contributed by atoms with van der Waals surface area (Å²) in [7, 11) is 0. The smallest absolute Gasteiger partial charge is 0.306 e. The largest absolute Gasteiger partial charge is 0.456 e. The number of aliphatic hydroxyl groups excluding tert-OH is 1. The van der Waals surface area contributed by atoms with E-state index in [9.17, 15) is 14.7 Å². The molecule has 0 aromatic rings. The molecule has 0 aromatic carbocycles. The summed E-state index contributed by atoms with van der Waals surface area (Å²) in [5.74, 6) is -0.803. The maximum absolute atomic E-state index is 14.3. The molecule has 4 aliphatic heterocycles. The van der Waals surface area contributed by atoms with Crippen LogP contribution in [0.5, 0.6) is 0 Å². The molecule has 8 aliphatic rings. The predicted octanol–water partition coefficient (Wildman–Crippen LogP) is 3.12. The second kappa shape index (κ2) is 6.46. The van der Waals surface area contributed by atoms with Gasteiger partial charge in [-0.2, -0.15) is 0 Å². The third-order valence-electron chi connectivity index (χ3n) is 13.0. The van der Waals surface area contributed by atoms with Gasteiger partial charge in [0.1, 0.15) is 23.4 Å². The molecule has 8 fully saturated rings. The van der Waals surface area contributed by atoms with Crippen molar-refractivity contribution in [2.24, 2.45) is 40.4 Å². The highest BCUT2D eigenvalue weighted by Gasteiger charge is 2.88. The van der Waals surface area contributed by atoms with Crippen LogP contribution in [0.3, 0.4) is 0 Å². The summed E-state index contributed by atoms with van der Waals surface area (Å²) in [6, 6.07) is 0. The first kappa shape index (κ1) is 23.8. The van der Waals surface area contributed by atoms with Crippen molar-refractivity contribution >= 4 is 11.8 Å². The number of rotatable bonds is 2. The number of aliphatic hydroxyl groups is 1. The van der Waals surface area contributed by atoms with Gasteiger partial charge in [0.25, 0.3) is 5.97 Å². The van der Waals surface area contributed by atoms with Gasteiger partial charge in [0.2, 0.25) is 0 Å². The number of ether oxygens (including phenoxy) is 5. The highest BCUT2D eigenvalue weighted by molar-refractivity contribution is 5.92. The minimum Gasteiger partial charge on any atom is -0.456 e. The monoisotopic (exact) mass is 516 g/mol. The summed E-state index contributed by atoms with van der Waals surface area (Å²) >= 11 is 0. The number of ketones is 1. The highest BCUT2D eigenvalue weighted by atomic mass is 16.9. The third kappa shape index (κ3) is 2.51. The third-order valence-corrected chi connectivity index (χ3v) is 13.0. The molecule has 4 saturated heterocycles. The Labute approximate surface area is 218 Å². The highest BCUT2D eigenvalue weighted by Crippen LogP contribution is 2.81. The number of carbonyl (C=O) groups is 2. The average molecular weight is 517 g/mol. The molecule has 2 spiro atoms. The first-order valence-corrected chi connectivity index (χ1v) is 14.4. The predicted molar refractivity (Wildman–Crippen MR) is 128 cm³/mol. The molecule has 0 aromatic heterocycles. The number of carbonyl (C=O) groups excluding carboxylic acids is 2. The average Bonchev–Trinajstić information content (AvgIpc) is 3.68. The molecule has 4 heterocycles. The molecule has 4 aliphatic carbocycles. The van der Waals surface area contributed by atoms with Gasteiger partial charge < -0.3 is 28.8 Å². The number of hydrogen-bond donors (Lipinski definition) is 1. The quantitative estimate of drug-likeness (QED) is 0.441. The molecule has 1 N–H and O–H groups in total. The van der Waals surface area contributed by atoms with Gasteiger partial charge in [0, 0.05) is 48.9 Å². The Morgan fingerprint density at radius 2 is 1.78 bits per heavy atom. The second-order valence-corrected chi connectivity index (χ2v) is 14.7. The molecule has 204 valence electrons. The number of fused-ring (bicyclic) bond motifs is 8. The van der Waals surface area contributed by atoms with Crippen molar-refractivity contribution in [3.05, 3.63) is 0 Å². The van der Waals surface area contributed by atoms with E-state index in [0.29, 0.717) is 19.3 Å². The molecule has 14 atom stereocenters. The maximum atomic E-state index is 14.3. The Bertz CT molecular complexity index is 1120. The van der Waals surface area contributed by atoms with E-state index in [-0.39, 0.29) is 59.7 Å².